The van der Waals surface area contributed by atoms with Gasteiger partial charge < -0.3 is 44.1 Å². The lowest BCUT2D eigenvalue weighted by atomic mass is 9.92. The molecule has 3 aromatic carbocycles. The Morgan fingerprint density at radius 1 is 0.806 bits per heavy atom. The van der Waals surface area contributed by atoms with Crippen LogP contribution in [0.2, 0.25) is 0 Å². The van der Waals surface area contributed by atoms with E-state index in [0.717, 1.165) is 0 Å². The van der Waals surface area contributed by atoms with Gasteiger partial charge >= 0.3 is 0 Å². The number of methoxy groups -OCH3 is 2. The number of aromatic hydroxyl groups is 2. The molecular formula is C26H24O10. The highest BCUT2D eigenvalue weighted by atomic mass is 16.6. The Labute approximate surface area is 205 Å². The molecule has 10 nitrogen and oxygen atoms in total. The second-order valence-corrected chi connectivity index (χ2v) is 8.38. The van der Waals surface area contributed by atoms with Gasteiger partial charge in [0.2, 0.25) is 5.78 Å². The van der Waals surface area contributed by atoms with Crippen LogP contribution < -0.4 is 23.7 Å². The molecule has 2 aliphatic rings. The summed E-state index contributed by atoms with van der Waals surface area (Å²) >= 11 is 0. The molecule has 188 valence electrons. The molecule has 0 fully saturated rings. The van der Waals surface area contributed by atoms with Gasteiger partial charge in [0.1, 0.15) is 22.8 Å². The van der Waals surface area contributed by atoms with Crippen molar-refractivity contribution in [3.8, 4) is 40.2 Å². The van der Waals surface area contributed by atoms with Crippen molar-refractivity contribution in [3.05, 3.63) is 65.2 Å². The first-order valence-electron chi connectivity index (χ1n) is 11.1. The second kappa shape index (κ2) is 9.14. The predicted molar refractivity (Wildman–Crippen MR) is 124 cm³/mol. The third-order valence-electron chi connectivity index (χ3n) is 6.22. The molecule has 2 heterocycles. The Bertz CT molecular complexity index is 1320. The quantitative estimate of drug-likeness (QED) is 0.416. The minimum atomic E-state index is -1.58. The summed E-state index contributed by atoms with van der Waals surface area (Å²) in [6, 6.07) is 12.3. The lowest BCUT2D eigenvalue weighted by Gasteiger charge is -2.35. The number of carbonyl (C=O) groups excluding carboxylic acids is 1. The Morgan fingerprint density at radius 2 is 1.53 bits per heavy atom. The zero-order chi connectivity index (χ0) is 25.6. The van der Waals surface area contributed by atoms with E-state index in [9.17, 15) is 25.2 Å². The number of ketones is 1. The maximum Gasteiger partial charge on any atom is 0.202 e. The van der Waals surface area contributed by atoms with Crippen LogP contribution in [0.1, 0.15) is 33.7 Å². The second-order valence-electron chi connectivity index (χ2n) is 8.38. The third kappa shape index (κ3) is 3.90. The van der Waals surface area contributed by atoms with Gasteiger partial charge in [0.15, 0.2) is 47.4 Å². The van der Waals surface area contributed by atoms with Crippen LogP contribution in [0.5, 0.6) is 40.2 Å². The van der Waals surface area contributed by atoms with Crippen molar-refractivity contribution in [2.75, 3.05) is 20.8 Å². The van der Waals surface area contributed by atoms with Gasteiger partial charge in [-0.1, -0.05) is 12.1 Å². The lowest BCUT2D eigenvalue weighted by Crippen LogP contribution is -2.37. The first-order chi connectivity index (χ1) is 17.3. The molecule has 3 aromatic rings. The number of fused-ring (bicyclic) bond motifs is 2. The fraction of sp³-hybridized carbons (Fsp3) is 0.269. The van der Waals surface area contributed by atoms with Crippen LogP contribution in [0.4, 0.5) is 0 Å². The predicted octanol–water partition coefficient (Wildman–Crippen LogP) is 2.67. The Balaban J connectivity index is 1.46. The van der Waals surface area contributed by atoms with E-state index in [4.69, 9.17) is 23.7 Å². The van der Waals surface area contributed by atoms with Crippen molar-refractivity contribution >= 4 is 5.78 Å². The molecule has 0 saturated carbocycles. The zero-order valence-corrected chi connectivity index (χ0v) is 19.4. The lowest BCUT2D eigenvalue weighted by molar-refractivity contribution is -0.0130. The molecule has 0 radical (unpaired) electrons. The van der Waals surface area contributed by atoms with Gasteiger partial charge in [-0.25, -0.2) is 0 Å². The standard InChI is InChI=1S/C26H24O10/c1-32-14-9-16(29)22-20(10-14)36-26(24(31)23(22)30)13-4-6-17-19(8-13)34-21(11-27)25(35-17)12-3-5-15(28)18(7-12)33-2/h3-10,21,24-29,31H,11H2,1-2H3/t21-,24?,25-,26-/m1/s1. The van der Waals surface area contributed by atoms with E-state index in [1.807, 2.05) is 0 Å². The molecule has 0 amide bonds. The van der Waals surface area contributed by atoms with E-state index in [-0.39, 0.29) is 40.9 Å². The average molecular weight is 496 g/mol. The van der Waals surface area contributed by atoms with Crippen LogP contribution in [0.15, 0.2) is 48.5 Å². The summed E-state index contributed by atoms with van der Waals surface area (Å²) in [6.07, 6.45) is -4.15. The summed E-state index contributed by atoms with van der Waals surface area (Å²) in [6.45, 7) is -0.370. The van der Waals surface area contributed by atoms with Crippen LogP contribution in [-0.4, -0.2) is 59.2 Å². The Kier molecular flexibility index (Phi) is 5.99. The van der Waals surface area contributed by atoms with Gasteiger partial charge in [-0.3, -0.25) is 4.79 Å². The van der Waals surface area contributed by atoms with Crippen molar-refractivity contribution in [2.45, 2.75) is 24.4 Å². The van der Waals surface area contributed by atoms with Crippen molar-refractivity contribution in [2.24, 2.45) is 0 Å². The summed E-state index contributed by atoms with van der Waals surface area (Å²) in [4.78, 5) is 12.8. The molecule has 0 aromatic heterocycles. The number of Topliss-reactive ketones (excluding diaryl/α,β-unsaturated/α-hetero) is 1. The van der Waals surface area contributed by atoms with Crippen LogP contribution in [0.3, 0.4) is 0 Å². The van der Waals surface area contributed by atoms with Crippen LogP contribution in [-0.2, 0) is 0 Å². The molecule has 0 spiro atoms. The van der Waals surface area contributed by atoms with Gasteiger partial charge in [-0.15, -0.1) is 0 Å². The number of hydrogen-bond acceptors (Lipinski definition) is 10. The maximum atomic E-state index is 12.8. The smallest absolute Gasteiger partial charge is 0.202 e. The van der Waals surface area contributed by atoms with Gasteiger partial charge in [0, 0.05) is 17.7 Å². The van der Waals surface area contributed by atoms with Crippen molar-refractivity contribution in [1.29, 1.82) is 0 Å². The number of phenolic OH excluding ortho intramolecular Hbond substituents is 2. The number of ether oxygens (including phenoxy) is 5. The van der Waals surface area contributed by atoms with Gasteiger partial charge in [-0.05, 0) is 29.8 Å². The number of phenols is 2. The van der Waals surface area contributed by atoms with Crippen LogP contribution >= 0.6 is 0 Å². The summed E-state index contributed by atoms with van der Waals surface area (Å²) in [5.41, 5.74) is 0.928. The monoisotopic (exact) mass is 496 g/mol. The topological polar surface area (TPSA) is 144 Å². The van der Waals surface area contributed by atoms with E-state index in [1.54, 1.807) is 30.3 Å². The number of carbonyl (C=O) groups is 1. The summed E-state index contributed by atoms with van der Waals surface area (Å²) in [7, 11) is 2.85. The third-order valence-corrected chi connectivity index (χ3v) is 6.22. The normalized spacial score (nSPS) is 22.4. The van der Waals surface area contributed by atoms with Crippen molar-refractivity contribution in [1.82, 2.24) is 0 Å². The van der Waals surface area contributed by atoms with Crippen molar-refractivity contribution in [3.63, 3.8) is 0 Å². The fourth-order valence-corrected chi connectivity index (χ4v) is 4.39. The molecule has 2 aliphatic heterocycles. The molecule has 10 heteroatoms. The zero-order valence-electron chi connectivity index (χ0n) is 19.4. The first kappa shape index (κ1) is 23.6. The van der Waals surface area contributed by atoms with E-state index >= 15 is 0 Å². The minimum absolute atomic E-state index is 0.0309. The van der Waals surface area contributed by atoms with Gasteiger partial charge in [-0.2, -0.15) is 0 Å². The maximum absolute atomic E-state index is 12.8. The van der Waals surface area contributed by atoms with E-state index in [2.05, 4.69) is 0 Å². The summed E-state index contributed by atoms with van der Waals surface area (Å²) in [5.74, 6) is 0.216. The summed E-state index contributed by atoms with van der Waals surface area (Å²) < 4.78 is 28.3. The van der Waals surface area contributed by atoms with Gasteiger partial charge in [0.05, 0.1) is 20.8 Å². The highest BCUT2D eigenvalue weighted by molar-refractivity contribution is 6.05. The van der Waals surface area contributed by atoms with E-state index in [0.29, 0.717) is 22.6 Å². The highest BCUT2D eigenvalue weighted by Crippen LogP contribution is 2.46. The molecule has 4 N–H and O–H groups in total. The highest BCUT2D eigenvalue weighted by Gasteiger charge is 2.40. The average Bonchev–Trinajstić information content (AvgIpc) is 2.89. The van der Waals surface area contributed by atoms with Gasteiger partial charge in [0.25, 0.3) is 0 Å². The summed E-state index contributed by atoms with van der Waals surface area (Å²) in [5, 5.41) is 40.8. The molecule has 0 aliphatic carbocycles. The molecule has 5 rings (SSSR count). The number of aliphatic hydroxyl groups is 2. The largest absolute Gasteiger partial charge is 0.507 e. The number of hydrogen-bond donors (Lipinski definition) is 4. The number of rotatable bonds is 5. The number of benzene rings is 3. The molecular weight excluding hydrogens is 472 g/mol. The fourth-order valence-electron chi connectivity index (χ4n) is 4.39. The van der Waals surface area contributed by atoms with Crippen LogP contribution in [0.25, 0.3) is 0 Å². The Hall–Kier alpha value is -4.15. The van der Waals surface area contributed by atoms with Crippen LogP contribution in [0, 0.1) is 0 Å². The molecule has 36 heavy (non-hydrogen) atoms. The Morgan fingerprint density at radius 3 is 2.25 bits per heavy atom. The molecule has 0 bridgehead atoms. The minimum Gasteiger partial charge on any atom is -0.507 e. The first-order valence-corrected chi connectivity index (χ1v) is 11.1. The number of aliphatic hydroxyl groups excluding tert-OH is 2. The van der Waals surface area contributed by atoms with E-state index in [1.165, 1.54) is 32.4 Å². The molecule has 4 atom stereocenters. The van der Waals surface area contributed by atoms with E-state index < -0.39 is 30.2 Å². The molecule has 1 unspecified atom stereocenters. The molecule has 0 saturated heterocycles. The van der Waals surface area contributed by atoms with Crippen molar-refractivity contribution < 1.29 is 48.9 Å². The SMILES string of the molecule is COc1cc(O)c2c(c1)O[C@H](c1ccc3c(c1)O[C@H](CO)[C@@H](c1ccc(O)c(OC)c1)O3)C(O)C2=O.